The summed E-state index contributed by atoms with van der Waals surface area (Å²) in [5.74, 6) is -2.78. The maximum Gasteiger partial charge on any atom is 0.257 e. The molecule has 1 saturated heterocycles. The Bertz CT molecular complexity index is 511. The standard InChI is InChI=1S/C14H17F2N3O2/c15-9-3-1-4-10(16)12(9)14(21)19-8-7-18-13(20)11-5-2-6-17-11/h1,3-4,11,17H,2,5-8H2,(H,18,20)(H,19,21). The first kappa shape index (κ1) is 15.4. The van der Waals surface area contributed by atoms with E-state index in [1.54, 1.807) is 0 Å². The maximum atomic E-state index is 13.4. The number of amides is 2. The third-order valence-electron chi connectivity index (χ3n) is 3.28. The number of carbonyl (C=O) groups is 2. The van der Waals surface area contributed by atoms with Crippen molar-refractivity contribution >= 4 is 11.8 Å². The summed E-state index contributed by atoms with van der Waals surface area (Å²) in [6.07, 6.45) is 1.75. The van der Waals surface area contributed by atoms with Crippen molar-refractivity contribution in [2.75, 3.05) is 19.6 Å². The summed E-state index contributed by atoms with van der Waals surface area (Å²) < 4.78 is 26.7. The van der Waals surface area contributed by atoms with E-state index in [2.05, 4.69) is 16.0 Å². The number of carbonyl (C=O) groups excluding carboxylic acids is 2. The molecule has 1 atom stereocenters. The van der Waals surface area contributed by atoms with Gasteiger partial charge in [0.1, 0.15) is 17.2 Å². The first-order chi connectivity index (χ1) is 10.1. The molecule has 3 N–H and O–H groups in total. The van der Waals surface area contributed by atoms with Crippen molar-refractivity contribution in [3.05, 3.63) is 35.4 Å². The summed E-state index contributed by atoms with van der Waals surface area (Å²) in [7, 11) is 0. The molecular formula is C14H17F2N3O2. The predicted octanol–water partition coefficient (Wildman–Crippen LogP) is 0.563. The number of nitrogens with one attached hydrogen (secondary N) is 3. The largest absolute Gasteiger partial charge is 0.353 e. The fourth-order valence-corrected chi connectivity index (χ4v) is 2.20. The van der Waals surface area contributed by atoms with Crippen LogP contribution in [0.5, 0.6) is 0 Å². The van der Waals surface area contributed by atoms with Gasteiger partial charge in [0.05, 0.1) is 6.04 Å². The maximum absolute atomic E-state index is 13.4. The van der Waals surface area contributed by atoms with Crippen molar-refractivity contribution in [2.24, 2.45) is 0 Å². The normalized spacial score (nSPS) is 17.5. The molecule has 0 spiro atoms. The molecule has 1 aromatic carbocycles. The monoisotopic (exact) mass is 297 g/mol. The van der Waals surface area contributed by atoms with Gasteiger partial charge < -0.3 is 16.0 Å². The van der Waals surface area contributed by atoms with Crippen LogP contribution in [-0.2, 0) is 4.79 Å². The Kier molecular flexibility index (Phi) is 5.21. The molecule has 0 aliphatic carbocycles. The Balaban J connectivity index is 1.75. The van der Waals surface area contributed by atoms with Gasteiger partial charge in [-0.15, -0.1) is 0 Å². The Morgan fingerprint density at radius 2 is 1.86 bits per heavy atom. The second-order valence-corrected chi connectivity index (χ2v) is 4.79. The molecule has 0 saturated carbocycles. The van der Waals surface area contributed by atoms with Crippen LogP contribution in [0.15, 0.2) is 18.2 Å². The van der Waals surface area contributed by atoms with E-state index in [0.29, 0.717) is 0 Å². The highest BCUT2D eigenvalue weighted by Gasteiger charge is 2.21. The van der Waals surface area contributed by atoms with Crippen molar-refractivity contribution in [1.29, 1.82) is 0 Å². The summed E-state index contributed by atoms with van der Waals surface area (Å²) in [4.78, 5) is 23.3. The van der Waals surface area contributed by atoms with Gasteiger partial charge in [-0.05, 0) is 31.5 Å². The number of benzene rings is 1. The van der Waals surface area contributed by atoms with Gasteiger partial charge in [0.15, 0.2) is 0 Å². The lowest BCUT2D eigenvalue weighted by atomic mass is 10.2. The molecule has 1 heterocycles. The Hall–Kier alpha value is -2.02. The molecule has 0 aromatic heterocycles. The topological polar surface area (TPSA) is 70.2 Å². The molecule has 0 radical (unpaired) electrons. The number of hydrogen-bond donors (Lipinski definition) is 3. The number of hydrogen-bond acceptors (Lipinski definition) is 3. The van der Waals surface area contributed by atoms with Crippen molar-refractivity contribution in [2.45, 2.75) is 18.9 Å². The van der Waals surface area contributed by atoms with E-state index in [9.17, 15) is 18.4 Å². The average molecular weight is 297 g/mol. The fraction of sp³-hybridized carbons (Fsp3) is 0.429. The van der Waals surface area contributed by atoms with E-state index in [4.69, 9.17) is 0 Å². The van der Waals surface area contributed by atoms with Crippen LogP contribution >= 0.6 is 0 Å². The van der Waals surface area contributed by atoms with Gasteiger partial charge >= 0.3 is 0 Å². The molecular weight excluding hydrogens is 280 g/mol. The van der Waals surface area contributed by atoms with Crippen LogP contribution in [0.1, 0.15) is 23.2 Å². The zero-order chi connectivity index (χ0) is 15.2. The summed E-state index contributed by atoms with van der Waals surface area (Å²) in [5.41, 5.74) is -0.610. The second kappa shape index (κ2) is 7.12. The highest BCUT2D eigenvalue weighted by Crippen LogP contribution is 2.11. The summed E-state index contributed by atoms with van der Waals surface area (Å²) in [6, 6.07) is 3.04. The lowest BCUT2D eigenvalue weighted by Crippen LogP contribution is -2.43. The molecule has 21 heavy (non-hydrogen) atoms. The molecule has 5 nitrogen and oxygen atoms in total. The van der Waals surface area contributed by atoms with E-state index in [-0.39, 0.29) is 25.0 Å². The summed E-state index contributed by atoms with van der Waals surface area (Å²) in [5, 5.41) is 8.08. The fourth-order valence-electron chi connectivity index (χ4n) is 2.20. The minimum atomic E-state index is -0.910. The van der Waals surface area contributed by atoms with Crippen LogP contribution in [0.3, 0.4) is 0 Å². The van der Waals surface area contributed by atoms with Crippen molar-refractivity contribution in [3.8, 4) is 0 Å². The molecule has 1 aromatic rings. The quantitative estimate of drug-likeness (QED) is 0.696. The minimum Gasteiger partial charge on any atom is -0.353 e. The van der Waals surface area contributed by atoms with Crippen molar-refractivity contribution in [3.63, 3.8) is 0 Å². The van der Waals surface area contributed by atoms with E-state index >= 15 is 0 Å². The predicted molar refractivity (Wildman–Crippen MR) is 72.7 cm³/mol. The SMILES string of the molecule is O=C(NCCNC(=O)C1CCCN1)c1c(F)cccc1F. The molecule has 1 fully saturated rings. The van der Waals surface area contributed by atoms with E-state index in [1.807, 2.05) is 0 Å². The van der Waals surface area contributed by atoms with Gasteiger partial charge in [0.2, 0.25) is 5.91 Å². The molecule has 2 rings (SSSR count). The summed E-state index contributed by atoms with van der Waals surface area (Å²) in [6.45, 7) is 1.13. The van der Waals surface area contributed by atoms with Crippen LogP contribution < -0.4 is 16.0 Å². The minimum absolute atomic E-state index is 0.102. The molecule has 114 valence electrons. The van der Waals surface area contributed by atoms with Gasteiger partial charge in [-0.2, -0.15) is 0 Å². The van der Waals surface area contributed by atoms with Crippen molar-refractivity contribution in [1.82, 2.24) is 16.0 Å². The van der Waals surface area contributed by atoms with E-state index in [1.165, 1.54) is 6.07 Å². The van der Waals surface area contributed by atoms with Gasteiger partial charge in [0, 0.05) is 13.1 Å². The van der Waals surface area contributed by atoms with Gasteiger partial charge in [-0.1, -0.05) is 6.07 Å². The first-order valence-corrected chi connectivity index (χ1v) is 6.83. The molecule has 1 aliphatic rings. The molecule has 7 heteroatoms. The number of rotatable bonds is 5. The molecule has 2 amide bonds. The molecule has 0 bridgehead atoms. The van der Waals surface area contributed by atoms with Gasteiger partial charge in [0.25, 0.3) is 5.91 Å². The van der Waals surface area contributed by atoms with E-state index in [0.717, 1.165) is 31.5 Å². The highest BCUT2D eigenvalue weighted by molar-refractivity contribution is 5.94. The van der Waals surface area contributed by atoms with Crippen LogP contribution in [0.2, 0.25) is 0 Å². The third kappa shape index (κ3) is 3.98. The Morgan fingerprint density at radius 3 is 2.48 bits per heavy atom. The lowest BCUT2D eigenvalue weighted by molar-refractivity contribution is -0.122. The zero-order valence-corrected chi connectivity index (χ0v) is 11.4. The Morgan fingerprint density at radius 1 is 1.19 bits per heavy atom. The van der Waals surface area contributed by atoms with Crippen LogP contribution in [0.25, 0.3) is 0 Å². The zero-order valence-electron chi connectivity index (χ0n) is 11.4. The first-order valence-electron chi connectivity index (χ1n) is 6.83. The van der Waals surface area contributed by atoms with Crippen molar-refractivity contribution < 1.29 is 18.4 Å². The van der Waals surface area contributed by atoms with Crippen LogP contribution in [0.4, 0.5) is 8.78 Å². The average Bonchev–Trinajstić information content (AvgIpc) is 2.97. The molecule has 1 aliphatic heterocycles. The van der Waals surface area contributed by atoms with Gasteiger partial charge in [-0.3, -0.25) is 9.59 Å². The van der Waals surface area contributed by atoms with Gasteiger partial charge in [-0.25, -0.2) is 8.78 Å². The number of halogens is 2. The Labute approximate surface area is 121 Å². The third-order valence-corrected chi connectivity index (χ3v) is 3.28. The smallest absolute Gasteiger partial charge is 0.257 e. The summed E-state index contributed by atoms with van der Waals surface area (Å²) >= 11 is 0. The molecule has 1 unspecified atom stereocenters. The second-order valence-electron chi connectivity index (χ2n) is 4.79. The lowest BCUT2D eigenvalue weighted by Gasteiger charge is -2.11. The van der Waals surface area contributed by atoms with Crippen LogP contribution in [0, 0.1) is 11.6 Å². The highest BCUT2D eigenvalue weighted by atomic mass is 19.1. The van der Waals surface area contributed by atoms with Crippen LogP contribution in [-0.4, -0.2) is 37.5 Å². The van der Waals surface area contributed by atoms with E-state index < -0.39 is 23.1 Å².